The molecule has 2 N–H and O–H groups in total. The third-order valence-corrected chi connectivity index (χ3v) is 3.50. The maximum Gasteiger partial charge on any atom is 0.232 e. The first kappa shape index (κ1) is 16.3. The van der Waals surface area contributed by atoms with Crippen molar-refractivity contribution in [1.29, 1.82) is 0 Å². The van der Waals surface area contributed by atoms with Gasteiger partial charge in [-0.05, 0) is 19.1 Å². The first-order valence-corrected chi connectivity index (χ1v) is 6.27. The second kappa shape index (κ2) is 8.39. The van der Waals surface area contributed by atoms with Gasteiger partial charge in [-0.15, -0.1) is 24.2 Å². The molecular weight excluding hydrogens is 256 g/mol. The lowest BCUT2D eigenvalue weighted by molar-refractivity contribution is -0.128. The number of benzene rings is 1. The highest BCUT2D eigenvalue weighted by Gasteiger charge is 2.13. The maximum atomic E-state index is 11.8. The molecule has 0 saturated carbocycles. The molecule has 0 saturated heterocycles. The van der Waals surface area contributed by atoms with Crippen LogP contribution in [0.5, 0.6) is 0 Å². The fourth-order valence-electron chi connectivity index (χ4n) is 1.17. The summed E-state index contributed by atoms with van der Waals surface area (Å²) >= 11 is 1.55. The number of hydrogen-bond donors (Lipinski definition) is 1. The van der Waals surface area contributed by atoms with E-state index in [2.05, 4.69) is 0 Å². The number of carbonyl (C=O) groups is 1. The van der Waals surface area contributed by atoms with Crippen LogP contribution in [0.3, 0.4) is 0 Å². The van der Waals surface area contributed by atoms with E-state index in [1.165, 1.54) is 0 Å². The number of nitrogens with two attached hydrogens (primary N) is 1. The van der Waals surface area contributed by atoms with Gasteiger partial charge in [-0.3, -0.25) is 4.79 Å². The summed E-state index contributed by atoms with van der Waals surface area (Å²) in [4.78, 5) is 14.6. The van der Waals surface area contributed by atoms with Crippen LogP contribution in [-0.2, 0) is 4.79 Å². The first-order chi connectivity index (χ1) is 7.65. The number of rotatable bonds is 5. The van der Waals surface area contributed by atoms with Gasteiger partial charge in [-0.1, -0.05) is 18.2 Å². The van der Waals surface area contributed by atoms with Crippen molar-refractivity contribution >= 4 is 30.1 Å². The molecule has 0 heterocycles. The van der Waals surface area contributed by atoms with Crippen LogP contribution in [0.1, 0.15) is 6.92 Å². The molecule has 0 bridgehead atoms. The quantitative estimate of drug-likeness (QED) is 0.836. The molecule has 0 aliphatic carbocycles. The highest BCUT2D eigenvalue weighted by molar-refractivity contribution is 8.00. The second-order valence-electron chi connectivity index (χ2n) is 3.69. The van der Waals surface area contributed by atoms with E-state index >= 15 is 0 Å². The Hall–Kier alpha value is -0.710. The summed E-state index contributed by atoms with van der Waals surface area (Å²) in [6.07, 6.45) is 0. The first-order valence-electron chi connectivity index (χ1n) is 5.28. The second-order valence-corrected chi connectivity index (χ2v) is 4.74. The molecule has 17 heavy (non-hydrogen) atoms. The van der Waals surface area contributed by atoms with Gasteiger partial charge < -0.3 is 10.6 Å². The van der Waals surface area contributed by atoms with Gasteiger partial charge in [0, 0.05) is 24.5 Å². The van der Waals surface area contributed by atoms with Crippen LogP contribution in [0.4, 0.5) is 0 Å². The molecule has 1 aromatic carbocycles. The Labute approximate surface area is 113 Å². The van der Waals surface area contributed by atoms with Crippen molar-refractivity contribution in [2.45, 2.75) is 17.9 Å². The van der Waals surface area contributed by atoms with E-state index in [1.807, 2.05) is 37.3 Å². The predicted octanol–water partition coefficient (Wildman–Crippen LogP) is 2.01. The lowest BCUT2D eigenvalue weighted by Crippen LogP contribution is -2.40. The maximum absolute atomic E-state index is 11.8. The Bertz CT molecular complexity index is 335. The molecule has 0 radical (unpaired) electrons. The molecule has 0 aliphatic heterocycles. The van der Waals surface area contributed by atoms with Gasteiger partial charge in [0.2, 0.25) is 5.91 Å². The highest BCUT2D eigenvalue weighted by Crippen LogP contribution is 2.17. The van der Waals surface area contributed by atoms with Gasteiger partial charge in [0.25, 0.3) is 0 Å². The molecular formula is C12H19ClN2OS. The van der Waals surface area contributed by atoms with Gasteiger partial charge in [0.15, 0.2) is 0 Å². The summed E-state index contributed by atoms with van der Waals surface area (Å²) in [5.74, 6) is 0.581. The van der Waals surface area contributed by atoms with E-state index in [4.69, 9.17) is 5.73 Å². The van der Waals surface area contributed by atoms with Crippen LogP contribution in [0, 0.1) is 0 Å². The van der Waals surface area contributed by atoms with Crippen LogP contribution in [0.2, 0.25) is 0 Å². The van der Waals surface area contributed by atoms with Crippen LogP contribution in [-0.4, -0.2) is 36.2 Å². The lowest BCUT2D eigenvalue weighted by atomic mass is 10.3. The highest BCUT2D eigenvalue weighted by atomic mass is 35.5. The van der Waals surface area contributed by atoms with E-state index in [9.17, 15) is 4.79 Å². The molecule has 1 unspecified atom stereocenters. The molecule has 1 aromatic rings. The predicted molar refractivity (Wildman–Crippen MR) is 75.7 cm³/mol. The van der Waals surface area contributed by atoms with E-state index in [-0.39, 0.29) is 24.4 Å². The van der Waals surface area contributed by atoms with Crippen molar-refractivity contribution in [3.63, 3.8) is 0 Å². The number of likely N-dealkylation sites (N-methyl/N-ethyl adjacent to an activating group) is 1. The zero-order chi connectivity index (χ0) is 12.0. The lowest BCUT2D eigenvalue weighted by Gasteiger charge is -2.23. The van der Waals surface area contributed by atoms with Crippen molar-refractivity contribution in [2.75, 3.05) is 19.3 Å². The molecule has 0 spiro atoms. The minimum atomic E-state index is 0. The van der Waals surface area contributed by atoms with Gasteiger partial charge in [0.05, 0.1) is 5.75 Å². The average Bonchev–Trinajstić information content (AvgIpc) is 2.35. The van der Waals surface area contributed by atoms with Gasteiger partial charge in [-0.2, -0.15) is 0 Å². The molecule has 5 heteroatoms. The van der Waals surface area contributed by atoms with Crippen LogP contribution in [0.25, 0.3) is 0 Å². The van der Waals surface area contributed by atoms with Gasteiger partial charge >= 0.3 is 0 Å². The van der Waals surface area contributed by atoms with E-state index in [0.717, 1.165) is 4.90 Å². The fraction of sp³-hybridized carbons (Fsp3) is 0.417. The number of carbonyl (C=O) groups excluding carboxylic acids is 1. The normalized spacial score (nSPS) is 11.5. The summed E-state index contributed by atoms with van der Waals surface area (Å²) in [6, 6.07) is 10.0. The van der Waals surface area contributed by atoms with Crippen LogP contribution < -0.4 is 5.73 Å². The minimum absolute atomic E-state index is 0. The van der Waals surface area contributed by atoms with Crippen LogP contribution in [0.15, 0.2) is 35.2 Å². The third-order valence-electron chi connectivity index (χ3n) is 2.50. The summed E-state index contributed by atoms with van der Waals surface area (Å²) in [6.45, 7) is 2.45. The molecule has 1 atom stereocenters. The molecule has 96 valence electrons. The number of amides is 1. The standard InChI is InChI=1S/C12H18N2OS.ClH/c1-10(8-13)14(2)12(15)9-16-11-6-4-3-5-7-11;/h3-7,10H,8-9,13H2,1-2H3;1H. The molecule has 0 aromatic heterocycles. The number of hydrogen-bond acceptors (Lipinski definition) is 3. The summed E-state index contributed by atoms with van der Waals surface area (Å²) in [5, 5.41) is 0. The SMILES string of the molecule is CC(CN)N(C)C(=O)CSc1ccccc1.Cl. The Kier molecular flexibility index (Phi) is 8.04. The van der Waals surface area contributed by atoms with Crippen molar-refractivity contribution < 1.29 is 4.79 Å². The minimum Gasteiger partial charge on any atom is -0.341 e. The molecule has 1 amide bonds. The van der Waals surface area contributed by atoms with Crippen molar-refractivity contribution in [3.05, 3.63) is 30.3 Å². The molecule has 1 rings (SSSR count). The smallest absolute Gasteiger partial charge is 0.232 e. The summed E-state index contributed by atoms with van der Waals surface area (Å²) < 4.78 is 0. The fourth-order valence-corrected chi connectivity index (χ4v) is 2.01. The summed E-state index contributed by atoms with van der Waals surface area (Å²) in [5.41, 5.74) is 5.52. The Balaban J connectivity index is 0.00000256. The van der Waals surface area contributed by atoms with Gasteiger partial charge in [-0.25, -0.2) is 0 Å². The Morgan fingerprint density at radius 3 is 2.53 bits per heavy atom. The zero-order valence-electron chi connectivity index (χ0n) is 10.1. The van der Waals surface area contributed by atoms with Crippen molar-refractivity contribution in [1.82, 2.24) is 4.90 Å². The largest absolute Gasteiger partial charge is 0.341 e. The monoisotopic (exact) mass is 274 g/mol. The third kappa shape index (κ3) is 5.44. The Morgan fingerprint density at radius 1 is 1.41 bits per heavy atom. The Morgan fingerprint density at radius 2 is 2.00 bits per heavy atom. The van der Waals surface area contributed by atoms with E-state index in [1.54, 1.807) is 23.7 Å². The van der Waals surface area contributed by atoms with Gasteiger partial charge in [0.1, 0.15) is 0 Å². The summed E-state index contributed by atoms with van der Waals surface area (Å²) in [7, 11) is 1.80. The molecule has 0 aliphatic rings. The van der Waals surface area contributed by atoms with E-state index < -0.39 is 0 Å². The molecule has 3 nitrogen and oxygen atoms in total. The van der Waals surface area contributed by atoms with Crippen molar-refractivity contribution in [2.24, 2.45) is 5.73 Å². The topological polar surface area (TPSA) is 46.3 Å². The number of thioether (sulfide) groups is 1. The molecule has 0 fully saturated rings. The van der Waals surface area contributed by atoms with Crippen molar-refractivity contribution in [3.8, 4) is 0 Å². The van der Waals surface area contributed by atoms with Crippen LogP contribution >= 0.6 is 24.2 Å². The zero-order valence-corrected chi connectivity index (χ0v) is 11.8. The number of halogens is 1. The average molecular weight is 275 g/mol. The van der Waals surface area contributed by atoms with E-state index in [0.29, 0.717) is 12.3 Å². The number of nitrogens with zero attached hydrogens (tertiary/aromatic N) is 1.